The number of methoxy groups -OCH3 is 1. The first-order valence-electron chi connectivity index (χ1n) is 8.95. The molecule has 5 nitrogen and oxygen atoms in total. The van der Waals surface area contributed by atoms with E-state index in [1.165, 1.54) is 30.9 Å². The van der Waals surface area contributed by atoms with Crippen molar-refractivity contribution >= 4 is 17.0 Å². The lowest BCUT2D eigenvalue weighted by molar-refractivity contribution is 0.0544. The molecule has 0 saturated heterocycles. The van der Waals surface area contributed by atoms with Crippen molar-refractivity contribution in [2.24, 2.45) is 0 Å². The summed E-state index contributed by atoms with van der Waals surface area (Å²) in [7, 11) is 1.53. The number of phenols is 1. The van der Waals surface area contributed by atoms with E-state index in [9.17, 15) is 9.90 Å². The molecule has 25 heavy (non-hydrogen) atoms. The number of aromatic hydroxyl groups is 1. The van der Waals surface area contributed by atoms with Crippen LogP contribution in [0.4, 0.5) is 4.79 Å². The number of carbonyl (C=O) groups is 1. The van der Waals surface area contributed by atoms with Gasteiger partial charge in [-0.2, -0.15) is 0 Å². The Hall–Kier alpha value is -2.17. The summed E-state index contributed by atoms with van der Waals surface area (Å²) < 4.78 is 12.3. The van der Waals surface area contributed by atoms with Gasteiger partial charge in [-0.1, -0.05) is 19.3 Å². The fraction of sp³-hybridized carbons (Fsp3) is 0.550. The Morgan fingerprint density at radius 1 is 1.20 bits per heavy atom. The maximum Gasteiger partial charge on any atom is 0.419 e. The quantitative estimate of drug-likeness (QED) is 0.814. The van der Waals surface area contributed by atoms with Gasteiger partial charge < -0.3 is 14.6 Å². The minimum Gasteiger partial charge on any atom is -0.504 e. The van der Waals surface area contributed by atoms with Crippen LogP contribution < -0.4 is 4.74 Å². The normalized spacial score (nSPS) is 16.2. The molecule has 3 rings (SSSR count). The second-order valence-electron chi connectivity index (χ2n) is 7.81. The van der Waals surface area contributed by atoms with Crippen molar-refractivity contribution in [1.82, 2.24) is 4.57 Å². The monoisotopic (exact) mass is 345 g/mol. The average molecular weight is 345 g/mol. The van der Waals surface area contributed by atoms with Gasteiger partial charge in [0.1, 0.15) is 5.60 Å². The van der Waals surface area contributed by atoms with Crippen molar-refractivity contribution in [2.45, 2.75) is 64.4 Å². The Labute approximate surface area is 148 Å². The van der Waals surface area contributed by atoms with E-state index >= 15 is 0 Å². The van der Waals surface area contributed by atoms with E-state index in [0.717, 1.165) is 23.8 Å². The standard InChI is InChI=1S/C20H27NO4/c1-20(2,3)25-19(23)21-12-15(13-8-6-5-7-9-13)14-10-18(24-4)17(22)11-16(14)21/h10-13,22H,5-9H2,1-4H3. The molecule has 1 aliphatic rings. The Balaban J connectivity index is 2.13. The van der Waals surface area contributed by atoms with Gasteiger partial charge in [0, 0.05) is 17.6 Å². The molecule has 0 spiro atoms. The van der Waals surface area contributed by atoms with Crippen LogP contribution in [0, 0.1) is 0 Å². The number of aromatic nitrogens is 1. The predicted molar refractivity (Wildman–Crippen MR) is 97.6 cm³/mol. The van der Waals surface area contributed by atoms with E-state index < -0.39 is 11.7 Å². The summed E-state index contributed by atoms with van der Waals surface area (Å²) in [4.78, 5) is 12.7. The summed E-state index contributed by atoms with van der Waals surface area (Å²) in [6.07, 6.45) is 7.38. The summed E-state index contributed by atoms with van der Waals surface area (Å²) in [5.41, 5.74) is 1.22. The summed E-state index contributed by atoms with van der Waals surface area (Å²) in [6.45, 7) is 5.54. The highest BCUT2D eigenvalue weighted by Gasteiger charge is 2.26. The molecule has 0 atom stereocenters. The molecule has 2 aromatic rings. The van der Waals surface area contributed by atoms with Crippen LogP contribution in [0.1, 0.15) is 64.4 Å². The summed E-state index contributed by atoms with van der Waals surface area (Å²) in [6, 6.07) is 3.42. The molecule has 0 amide bonds. The van der Waals surface area contributed by atoms with Crippen LogP contribution >= 0.6 is 0 Å². The van der Waals surface area contributed by atoms with Gasteiger partial charge in [0.25, 0.3) is 0 Å². The number of ether oxygens (including phenoxy) is 2. The summed E-state index contributed by atoms with van der Waals surface area (Å²) >= 11 is 0. The molecule has 1 fully saturated rings. The minimum absolute atomic E-state index is 0.0214. The molecular weight excluding hydrogens is 318 g/mol. The zero-order valence-corrected chi connectivity index (χ0v) is 15.5. The number of nitrogens with zero attached hydrogens (tertiary/aromatic N) is 1. The smallest absolute Gasteiger partial charge is 0.419 e. The van der Waals surface area contributed by atoms with Gasteiger partial charge in [-0.25, -0.2) is 4.79 Å². The van der Waals surface area contributed by atoms with Crippen LogP contribution in [0.15, 0.2) is 18.3 Å². The molecule has 1 aliphatic carbocycles. The second kappa shape index (κ2) is 6.62. The first-order chi connectivity index (χ1) is 11.8. The maximum absolute atomic E-state index is 12.7. The van der Waals surface area contributed by atoms with Gasteiger partial charge in [-0.05, 0) is 51.2 Å². The van der Waals surface area contributed by atoms with E-state index in [-0.39, 0.29) is 5.75 Å². The van der Waals surface area contributed by atoms with Crippen LogP contribution in [0.5, 0.6) is 11.5 Å². The number of hydrogen-bond donors (Lipinski definition) is 1. The molecule has 0 unspecified atom stereocenters. The first-order valence-corrected chi connectivity index (χ1v) is 8.95. The van der Waals surface area contributed by atoms with E-state index in [2.05, 4.69) is 0 Å². The fourth-order valence-corrected chi connectivity index (χ4v) is 3.63. The molecule has 1 N–H and O–H groups in total. The molecule has 1 heterocycles. The molecule has 5 heteroatoms. The van der Waals surface area contributed by atoms with Crippen molar-refractivity contribution < 1.29 is 19.4 Å². The van der Waals surface area contributed by atoms with Crippen molar-refractivity contribution in [3.63, 3.8) is 0 Å². The third-order valence-corrected chi connectivity index (χ3v) is 4.77. The van der Waals surface area contributed by atoms with E-state index in [1.54, 1.807) is 6.07 Å². The van der Waals surface area contributed by atoms with Crippen molar-refractivity contribution in [2.75, 3.05) is 7.11 Å². The van der Waals surface area contributed by atoms with Gasteiger partial charge in [-0.3, -0.25) is 4.57 Å². The Morgan fingerprint density at radius 2 is 1.88 bits per heavy atom. The number of carbonyl (C=O) groups excluding carboxylic acids is 1. The largest absolute Gasteiger partial charge is 0.504 e. The second-order valence-corrected chi connectivity index (χ2v) is 7.81. The van der Waals surface area contributed by atoms with Gasteiger partial charge in [-0.15, -0.1) is 0 Å². The lowest BCUT2D eigenvalue weighted by Crippen LogP contribution is -2.26. The Bertz CT molecular complexity index is 779. The predicted octanol–water partition coefficient (Wildman–Crippen LogP) is 5.19. The van der Waals surface area contributed by atoms with E-state index in [4.69, 9.17) is 9.47 Å². The molecule has 0 bridgehead atoms. The van der Waals surface area contributed by atoms with Crippen LogP contribution in [-0.2, 0) is 4.74 Å². The summed E-state index contributed by atoms with van der Waals surface area (Å²) in [5.74, 6) is 0.869. The topological polar surface area (TPSA) is 60.7 Å². The highest BCUT2D eigenvalue weighted by atomic mass is 16.6. The average Bonchev–Trinajstić information content (AvgIpc) is 2.91. The highest BCUT2D eigenvalue weighted by Crippen LogP contribution is 2.41. The van der Waals surface area contributed by atoms with Gasteiger partial charge in [0.05, 0.1) is 12.6 Å². The lowest BCUT2D eigenvalue weighted by atomic mass is 9.84. The number of phenolic OH excluding ortho intramolecular Hbond substituents is 1. The highest BCUT2D eigenvalue weighted by molar-refractivity contribution is 5.94. The number of rotatable bonds is 2. The number of benzene rings is 1. The Kier molecular flexibility index (Phi) is 4.67. The van der Waals surface area contributed by atoms with Crippen LogP contribution in [-0.4, -0.2) is 28.5 Å². The van der Waals surface area contributed by atoms with Crippen molar-refractivity contribution in [3.8, 4) is 11.5 Å². The fourth-order valence-electron chi connectivity index (χ4n) is 3.63. The van der Waals surface area contributed by atoms with Crippen LogP contribution in [0.2, 0.25) is 0 Å². The van der Waals surface area contributed by atoms with Gasteiger partial charge in [0.15, 0.2) is 11.5 Å². The molecule has 1 saturated carbocycles. The number of hydrogen-bond acceptors (Lipinski definition) is 4. The molecule has 1 aromatic heterocycles. The van der Waals surface area contributed by atoms with Crippen LogP contribution in [0.3, 0.4) is 0 Å². The summed E-state index contributed by atoms with van der Waals surface area (Å²) in [5, 5.41) is 11.1. The third-order valence-electron chi connectivity index (χ3n) is 4.77. The van der Waals surface area contributed by atoms with E-state index in [1.807, 2.05) is 33.0 Å². The molecule has 0 radical (unpaired) electrons. The van der Waals surface area contributed by atoms with Gasteiger partial charge >= 0.3 is 6.09 Å². The Morgan fingerprint density at radius 3 is 2.48 bits per heavy atom. The molecule has 136 valence electrons. The lowest BCUT2D eigenvalue weighted by Gasteiger charge is -2.21. The first kappa shape index (κ1) is 17.6. The molecular formula is C20H27NO4. The minimum atomic E-state index is -0.576. The third kappa shape index (κ3) is 3.60. The molecule has 0 aliphatic heterocycles. The van der Waals surface area contributed by atoms with Crippen molar-refractivity contribution in [3.05, 3.63) is 23.9 Å². The zero-order valence-electron chi connectivity index (χ0n) is 15.5. The van der Waals surface area contributed by atoms with Crippen molar-refractivity contribution in [1.29, 1.82) is 0 Å². The maximum atomic E-state index is 12.7. The van der Waals surface area contributed by atoms with Crippen LogP contribution in [0.25, 0.3) is 10.9 Å². The zero-order chi connectivity index (χ0) is 18.2. The van der Waals surface area contributed by atoms with E-state index in [0.29, 0.717) is 17.2 Å². The van der Waals surface area contributed by atoms with Gasteiger partial charge in [0.2, 0.25) is 0 Å². The molecule has 1 aromatic carbocycles. The SMILES string of the molecule is COc1cc2c(C3CCCCC3)cn(C(=O)OC(C)(C)C)c2cc1O. The number of fused-ring (bicyclic) bond motifs is 1.